The molecule has 1 atom stereocenters. The number of likely N-dealkylation sites (N-methyl/N-ethyl adjacent to an activating group) is 1. The van der Waals surface area contributed by atoms with Crippen LogP contribution < -0.4 is 0 Å². The second kappa shape index (κ2) is 7.80. The summed E-state index contributed by atoms with van der Waals surface area (Å²) >= 11 is 0. The van der Waals surface area contributed by atoms with Gasteiger partial charge in [-0.15, -0.1) is 12.4 Å². The predicted molar refractivity (Wildman–Crippen MR) is 81.9 cm³/mol. The van der Waals surface area contributed by atoms with Gasteiger partial charge in [0.05, 0.1) is 0 Å². The van der Waals surface area contributed by atoms with Gasteiger partial charge in [-0.2, -0.15) is 0 Å². The first-order valence-corrected chi connectivity index (χ1v) is 6.20. The van der Waals surface area contributed by atoms with Gasteiger partial charge in [-0.3, -0.25) is 9.69 Å². The Balaban J connectivity index is 0.00000200. The Hall–Kier alpha value is -1.68. The zero-order valence-corrected chi connectivity index (χ0v) is 12.1. The van der Waals surface area contributed by atoms with Crippen molar-refractivity contribution in [3.05, 3.63) is 71.8 Å². The van der Waals surface area contributed by atoms with Gasteiger partial charge in [0, 0.05) is 12.1 Å². The van der Waals surface area contributed by atoms with Gasteiger partial charge in [-0.25, -0.2) is 0 Å². The number of carbonyl (C=O) groups is 1. The van der Waals surface area contributed by atoms with Crippen molar-refractivity contribution >= 4 is 18.2 Å². The molecule has 2 rings (SSSR count). The Morgan fingerprint density at radius 1 is 1.05 bits per heavy atom. The lowest BCUT2D eigenvalue weighted by molar-refractivity contribution is 0.0195. The fourth-order valence-electron chi connectivity index (χ4n) is 1.91. The molecule has 106 valence electrons. The van der Waals surface area contributed by atoms with Crippen LogP contribution in [0.5, 0.6) is 0 Å². The van der Waals surface area contributed by atoms with Crippen LogP contribution in [0.2, 0.25) is 0 Å². The van der Waals surface area contributed by atoms with Crippen LogP contribution in [-0.2, 0) is 6.54 Å². The maximum Gasteiger partial charge on any atom is 0.206 e. The maximum atomic E-state index is 12.1. The summed E-state index contributed by atoms with van der Waals surface area (Å²) < 4.78 is 0. The van der Waals surface area contributed by atoms with E-state index in [0.717, 1.165) is 5.56 Å². The van der Waals surface area contributed by atoms with E-state index in [2.05, 4.69) is 0 Å². The summed E-state index contributed by atoms with van der Waals surface area (Å²) in [4.78, 5) is 13.7. The fraction of sp³-hybridized carbons (Fsp3) is 0.188. The number of hydrogen-bond acceptors (Lipinski definition) is 3. The number of benzene rings is 2. The second-order valence-electron chi connectivity index (χ2n) is 4.50. The van der Waals surface area contributed by atoms with Gasteiger partial charge >= 0.3 is 0 Å². The smallest absolute Gasteiger partial charge is 0.206 e. The summed E-state index contributed by atoms with van der Waals surface area (Å²) in [6.07, 6.45) is -1.12. The van der Waals surface area contributed by atoms with Gasteiger partial charge in [0.1, 0.15) is 0 Å². The minimum absolute atomic E-state index is 0. The molecule has 4 heteroatoms. The van der Waals surface area contributed by atoms with E-state index in [1.807, 2.05) is 36.4 Å². The monoisotopic (exact) mass is 291 g/mol. The Bertz CT molecular complexity index is 531. The summed E-state index contributed by atoms with van der Waals surface area (Å²) in [6, 6.07) is 18.6. The molecule has 20 heavy (non-hydrogen) atoms. The largest absolute Gasteiger partial charge is 0.371 e. The first-order chi connectivity index (χ1) is 9.18. The number of aliphatic hydroxyl groups is 1. The van der Waals surface area contributed by atoms with Crippen LogP contribution in [0.25, 0.3) is 0 Å². The van der Waals surface area contributed by atoms with Crippen LogP contribution in [-0.4, -0.2) is 29.1 Å². The van der Waals surface area contributed by atoms with E-state index in [1.54, 1.807) is 36.2 Å². The normalized spacial score (nSPS) is 11.8. The molecule has 0 aliphatic heterocycles. The highest BCUT2D eigenvalue weighted by atomic mass is 35.5. The minimum Gasteiger partial charge on any atom is -0.371 e. The Labute approximate surface area is 125 Å². The lowest BCUT2D eigenvalue weighted by Gasteiger charge is -2.22. The molecule has 0 amide bonds. The zero-order valence-electron chi connectivity index (χ0n) is 11.3. The van der Waals surface area contributed by atoms with E-state index in [9.17, 15) is 9.90 Å². The van der Waals surface area contributed by atoms with Crippen molar-refractivity contribution < 1.29 is 9.90 Å². The Morgan fingerprint density at radius 2 is 1.55 bits per heavy atom. The van der Waals surface area contributed by atoms with Crippen molar-refractivity contribution in [3.8, 4) is 0 Å². The molecule has 0 radical (unpaired) electrons. The molecule has 0 saturated carbocycles. The van der Waals surface area contributed by atoms with Gasteiger partial charge in [0.2, 0.25) is 5.78 Å². The number of nitrogens with zero attached hydrogens (tertiary/aromatic N) is 1. The topological polar surface area (TPSA) is 40.5 Å². The highest BCUT2D eigenvalue weighted by molar-refractivity contribution is 5.98. The van der Waals surface area contributed by atoms with Crippen LogP contribution in [0.15, 0.2) is 60.7 Å². The van der Waals surface area contributed by atoms with Crippen molar-refractivity contribution in [3.63, 3.8) is 0 Å². The van der Waals surface area contributed by atoms with Gasteiger partial charge in [0.15, 0.2) is 6.23 Å². The third-order valence-electron chi connectivity index (χ3n) is 2.99. The molecule has 0 aromatic heterocycles. The van der Waals surface area contributed by atoms with Gasteiger partial charge in [-0.05, 0) is 12.6 Å². The molecule has 2 aromatic carbocycles. The predicted octanol–water partition coefficient (Wildman–Crippen LogP) is 2.74. The number of rotatable bonds is 5. The molecule has 0 bridgehead atoms. The van der Waals surface area contributed by atoms with Crippen LogP contribution in [0.3, 0.4) is 0 Å². The SMILES string of the molecule is CN(Cc1ccccc1)C(O)C(=O)c1ccccc1.Cl. The Morgan fingerprint density at radius 3 is 2.10 bits per heavy atom. The van der Waals surface area contributed by atoms with Gasteiger partial charge < -0.3 is 5.11 Å². The summed E-state index contributed by atoms with van der Waals surface area (Å²) in [5.41, 5.74) is 1.58. The molecular weight excluding hydrogens is 274 g/mol. The van der Waals surface area contributed by atoms with Crippen molar-refractivity contribution in [2.75, 3.05) is 7.05 Å². The first-order valence-electron chi connectivity index (χ1n) is 6.20. The number of halogens is 1. The standard InChI is InChI=1S/C16H17NO2.ClH/c1-17(12-13-8-4-2-5-9-13)16(19)15(18)14-10-6-3-7-11-14;/h2-11,16,19H,12H2,1H3;1H. The molecule has 1 N–H and O–H groups in total. The molecule has 0 aliphatic carbocycles. The lowest BCUT2D eigenvalue weighted by atomic mass is 10.1. The average molecular weight is 292 g/mol. The van der Waals surface area contributed by atoms with E-state index >= 15 is 0 Å². The summed E-state index contributed by atoms with van der Waals surface area (Å²) in [5, 5.41) is 10.1. The molecule has 0 saturated heterocycles. The van der Waals surface area contributed by atoms with E-state index in [4.69, 9.17) is 0 Å². The number of ketones is 1. The highest BCUT2D eigenvalue weighted by Crippen LogP contribution is 2.09. The van der Waals surface area contributed by atoms with Crippen LogP contribution in [0, 0.1) is 0 Å². The Kier molecular flexibility index (Phi) is 6.39. The van der Waals surface area contributed by atoms with Crippen LogP contribution in [0.4, 0.5) is 0 Å². The molecule has 3 nitrogen and oxygen atoms in total. The summed E-state index contributed by atoms with van der Waals surface area (Å²) in [7, 11) is 1.73. The molecule has 1 unspecified atom stereocenters. The first kappa shape index (κ1) is 16.4. The van der Waals surface area contributed by atoms with Crippen molar-refractivity contribution in [1.82, 2.24) is 4.90 Å². The fourth-order valence-corrected chi connectivity index (χ4v) is 1.91. The maximum absolute atomic E-state index is 12.1. The summed E-state index contributed by atoms with van der Waals surface area (Å²) in [5.74, 6) is -0.279. The highest BCUT2D eigenvalue weighted by Gasteiger charge is 2.21. The molecule has 0 aliphatic rings. The minimum atomic E-state index is -1.12. The molecular formula is C16H18ClNO2. The molecule has 0 fully saturated rings. The summed E-state index contributed by atoms with van der Waals surface area (Å²) in [6.45, 7) is 0.528. The molecule has 0 heterocycles. The van der Waals surface area contributed by atoms with E-state index in [-0.39, 0.29) is 18.2 Å². The second-order valence-corrected chi connectivity index (χ2v) is 4.50. The number of Topliss-reactive ketones (excluding diaryl/α,β-unsaturated/α-hetero) is 1. The quantitative estimate of drug-likeness (QED) is 0.680. The zero-order chi connectivity index (χ0) is 13.7. The molecule has 2 aromatic rings. The molecule has 0 spiro atoms. The van der Waals surface area contributed by atoms with Crippen molar-refractivity contribution in [2.24, 2.45) is 0 Å². The van der Waals surface area contributed by atoms with E-state index in [1.165, 1.54) is 0 Å². The van der Waals surface area contributed by atoms with E-state index < -0.39 is 6.23 Å². The van der Waals surface area contributed by atoms with Crippen LogP contribution in [0.1, 0.15) is 15.9 Å². The van der Waals surface area contributed by atoms with Crippen LogP contribution >= 0.6 is 12.4 Å². The van der Waals surface area contributed by atoms with E-state index in [0.29, 0.717) is 12.1 Å². The average Bonchev–Trinajstić information content (AvgIpc) is 2.47. The number of aliphatic hydroxyl groups excluding tert-OH is 1. The number of carbonyl (C=O) groups excluding carboxylic acids is 1. The van der Waals surface area contributed by atoms with Gasteiger partial charge in [-0.1, -0.05) is 60.7 Å². The third kappa shape index (κ3) is 4.17. The van der Waals surface area contributed by atoms with Crippen molar-refractivity contribution in [2.45, 2.75) is 12.8 Å². The lowest BCUT2D eigenvalue weighted by Crippen LogP contribution is -2.37. The number of hydrogen-bond donors (Lipinski definition) is 1. The van der Waals surface area contributed by atoms with Crippen molar-refractivity contribution in [1.29, 1.82) is 0 Å². The van der Waals surface area contributed by atoms with Gasteiger partial charge in [0.25, 0.3) is 0 Å². The third-order valence-corrected chi connectivity index (χ3v) is 2.99.